The van der Waals surface area contributed by atoms with E-state index in [1.807, 2.05) is 56.3 Å². The van der Waals surface area contributed by atoms with Crippen LogP contribution in [0.25, 0.3) is 0 Å². The van der Waals surface area contributed by atoms with Crippen molar-refractivity contribution in [3.8, 4) is 5.75 Å². The minimum absolute atomic E-state index is 0.0125. The van der Waals surface area contributed by atoms with Gasteiger partial charge in [-0.3, -0.25) is 4.79 Å². The SMILES string of the molecule is CC1(C)OCC(COc2ccc(C(=O)c3ccccc3)cc2)CO1. The standard InChI is InChI=1S/C20H22O4/c1-20(2)23-13-15(14-24-20)12-22-18-10-8-17(9-11-18)19(21)16-6-4-3-5-7-16/h3-11,15H,12-14H2,1-2H3. The molecule has 1 aliphatic rings. The van der Waals surface area contributed by atoms with Crippen LogP contribution in [0.4, 0.5) is 0 Å². The van der Waals surface area contributed by atoms with E-state index < -0.39 is 5.79 Å². The average molecular weight is 326 g/mol. The highest BCUT2D eigenvalue weighted by atomic mass is 16.7. The van der Waals surface area contributed by atoms with Crippen molar-refractivity contribution in [3.05, 3.63) is 65.7 Å². The number of carbonyl (C=O) groups is 1. The molecule has 2 aromatic rings. The van der Waals surface area contributed by atoms with Crippen molar-refractivity contribution in [1.29, 1.82) is 0 Å². The van der Waals surface area contributed by atoms with E-state index in [2.05, 4.69) is 0 Å². The van der Waals surface area contributed by atoms with E-state index in [0.717, 1.165) is 5.75 Å². The Morgan fingerprint density at radius 3 is 2.21 bits per heavy atom. The zero-order valence-electron chi connectivity index (χ0n) is 14.0. The summed E-state index contributed by atoms with van der Waals surface area (Å²) < 4.78 is 17.0. The molecule has 0 radical (unpaired) electrons. The molecule has 3 rings (SSSR count). The lowest BCUT2D eigenvalue weighted by Gasteiger charge is -2.34. The molecule has 0 amide bonds. The molecule has 126 valence electrons. The Kier molecular flexibility index (Phi) is 4.97. The molecule has 1 saturated heterocycles. The van der Waals surface area contributed by atoms with Crippen LogP contribution < -0.4 is 4.74 Å². The lowest BCUT2D eigenvalue weighted by molar-refractivity contribution is -0.264. The van der Waals surface area contributed by atoms with Crippen LogP contribution in [0.2, 0.25) is 0 Å². The van der Waals surface area contributed by atoms with Gasteiger partial charge in [-0.2, -0.15) is 0 Å². The fourth-order valence-corrected chi connectivity index (χ4v) is 2.50. The molecule has 0 aliphatic carbocycles. The van der Waals surface area contributed by atoms with Crippen molar-refractivity contribution in [2.45, 2.75) is 19.6 Å². The van der Waals surface area contributed by atoms with Gasteiger partial charge in [-0.25, -0.2) is 0 Å². The zero-order chi connectivity index (χ0) is 17.0. The average Bonchev–Trinajstić information content (AvgIpc) is 2.61. The molecule has 1 aliphatic heterocycles. The van der Waals surface area contributed by atoms with Crippen molar-refractivity contribution >= 4 is 5.78 Å². The van der Waals surface area contributed by atoms with E-state index >= 15 is 0 Å². The summed E-state index contributed by atoms with van der Waals surface area (Å²) in [7, 11) is 0. The Balaban J connectivity index is 1.54. The molecule has 0 atom stereocenters. The van der Waals surface area contributed by atoms with E-state index in [1.54, 1.807) is 12.1 Å². The first kappa shape index (κ1) is 16.7. The molecule has 1 fully saturated rings. The van der Waals surface area contributed by atoms with E-state index in [-0.39, 0.29) is 11.7 Å². The normalized spacial score (nSPS) is 17.4. The smallest absolute Gasteiger partial charge is 0.193 e. The molecule has 24 heavy (non-hydrogen) atoms. The van der Waals surface area contributed by atoms with Crippen LogP contribution in [-0.2, 0) is 9.47 Å². The Bertz CT molecular complexity index is 667. The number of ether oxygens (including phenoxy) is 3. The van der Waals surface area contributed by atoms with Crippen molar-refractivity contribution in [1.82, 2.24) is 0 Å². The van der Waals surface area contributed by atoms with Crippen LogP contribution in [0.1, 0.15) is 29.8 Å². The molecular formula is C20H22O4. The second-order valence-corrected chi connectivity index (χ2v) is 6.42. The minimum Gasteiger partial charge on any atom is -0.493 e. The summed E-state index contributed by atoms with van der Waals surface area (Å²) in [6.45, 7) is 5.59. The Morgan fingerprint density at radius 2 is 1.58 bits per heavy atom. The number of ketones is 1. The van der Waals surface area contributed by atoms with Gasteiger partial charge in [0.2, 0.25) is 0 Å². The van der Waals surface area contributed by atoms with Gasteiger partial charge in [0.15, 0.2) is 11.6 Å². The van der Waals surface area contributed by atoms with Gasteiger partial charge in [0.1, 0.15) is 5.75 Å². The summed E-state index contributed by atoms with van der Waals surface area (Å²) in [6.07, 6.45) is 0. The number of carbonyl (C=O) groups excluding carboxylic acids is 1. The predicted molar refractivity (Wildman–Crippen MR) is 91.3 cm³/mol. The summed E-state index contributed by atoms with van der Waals surface area (Å²) in [5.41, 5.74) is 1.34. The van der Waals surface area contributed by atoms with E-state index in [4.69, 9.17) is 14.2 Å². The topological polar surface area (TPSA) is 44.8 Å². The van der Waals surface area contributed by atoms with E-state index in [9.17, 15) is 4.79 Å². The maximum atomic E-state index is 12.3. The quantitative estimate of drug-likeness (QED) is 0.786. The fraction of sp³-hybridized carbons (Fsp3) is 0.350. The number of benzene rings is 2. The van der Waals surface area contributed by atoms with Crippen molar-refractivity contribution in [2.75, 3.05) is 19.8 Å². The predicted octanol–water partition coefficient (Wildman–Crippen LogP) is 3.70. The van der Waals surface area contributed by atoms with Crippen molar-refractivity contribution < 1.29 is 19.0 Å². The van der Waals surface area contributed by atoms with Crippen LogP contribution in [-0.4, -0.2) is 31.4 Å². The molecule has 0 unspecified atom stereocenters. The third-order valence-electron chi connectivity index (χ3n) is 3.97. The zero-order valence-corrected chi connectivity index (χ0v) is 14.0. The van der Waals surface area contributed by atoms with Crippen LogP contribution in [0.5, 0.6) is 5.75 Å². The molecule has 0 saturated carbocycles. The number of hydrogen-bond acceptors (Lipinski definition) is 4. The van der Waals surface area contributed by atoms with Gasteiger partial charge in [-0.05, 0) is 38.1 Å². The first-order chi connectivity index (χ1) is 11.5. The van der Waals surface area contributed by atoms with Gasteiger partial charge in [0.25, 0.3) is 0 Å². The molecular weight excluding hydrogens is 304 g/mol. The Labute approximate surface area is 142 Å². The summed E-state index contributed by atoms with van der Waals surface area (Å²) in [6, 6.07) is 16.5. The van der Waals surface area contributed by atoms with E-state index in [1.165, 1.54) is 0 Å². The van der Waals surface area contributed by atoms with Crippen LogP contribution >= 0.6 is 0 Å². The van der Waals surface area contributed by atoms with Gasteiger partial charge < -0.3 is 14.2 Å². The van der Waals surface area contributed by atoms with Crippen LogP contribution in [0.3, 0.4) is 0 Å². The van der Waals surface area contributed by atoms with Crippen LogP contribution in [0, 0.1) is 5.92 Å². The van der Waals surface area contributed by atoms with Gasteiger partial charge in [0.05, 0.1) is 19.8 Å². The number of rotatable bonds is 5. The molecule has 0 aromatic heterocycles. The monoisotopic (exact) mass is 326 g/mol. The third kappa shape index (κ3) is 4.22. The minimum atomic E-state index is -0.504. The largest absolute Gasteiger partial charge is 0.493 e. The highest BCUT2D eigenvalue weighted by Gasteiger charge is 2.28. The summed E-state index contributed by atoms with van der Waals surface area (Å²) >= 11 is 0. The van der Waals surface area contributed by atoms with Gasteiger partial charge in [0, 0.05) is 17.0 Å². The highest BCUT2D eigenvalue weighted by molar-refractivity contribution is 6.08. The second-order valence-electron chi connectivity index (χ2n) is 6.42. The van der Waals surface area contributed by atoms with Gasteiger partial charge >= 0.3 is 0 Å². The maximum Gasteiger partial charge on any atom is 0.193 e. The van der Waals surface area contributed by atoms with Crippen molar-refractivity contribution in [2.24, 2.45) is 5.92 Å². The molecule has 0 N–H and O–H groups in total. The van der Waals surface area contributed by atoms with Crippen LogP contribution in [0.15, 0.2) is 54.6 Å². The maximum absolute atomic E-state index is 12.3. The molecule has 4 nitrogen and oxygen atoms in total. The summed E-state index contributed by atoms with van der Waals surface area (Å²) in [5.74, 6) is 0.460. The van der Waals surface area contributed by atoms with Crippen molar-refractivity contribution in [3.63, 3.8) is 0 Å². The highest BCUT2D eigenvalue weighted by Crippen LogP contribution is 2.22. The molecule has 2 aromatic carbocycles. The fourth-order valence-electron chi connectivity index (χ4n) is 2.50. The number of hydrogen-bond donors (Lipinski definition) is 0. The van der Waals surface area contributed by atoms with Gasteiger partial charge in [-0.15, -0.1) is 0 Å². The summed E-state index contributed by atoms with van der Waals surface area (Å²) in [4.78, 5) is 12.3. The first-order valence-corrected chi connectivity index (χ1v) is 8.14. The lowest BCUT2D eigenvalue weighted by atomic mass is 10.0. The molecule has 0 bridgehead atoms. The Morgan fingerprint density at radius 1 is 1.00 bits per heavy atom. The van der Waals surface area contributed by atoms with Gasteiger partial charge in [-0.1, -0.05) is 30.3 Å². The molecule has 0 spiro atoms. The lowest BCUT2D eigenvalue weighted by Crippen LogP contribution is -2.41. The second kappa shape index (κ2) is 7.16. The molecule has 4 heteroatoms. The third-order valence-corrected chi connectivity index (χ3v) is 3.97. The van der Waals surface area contributed by atoms with E-state index in [0.29, 0.717) is 30.9 Å². The Hall–Kier alpha value is -2.17. The first-order valence-electron chi connectivity index (χ1n) is 8.14. The summed E-state index contributed by atoms with van der Waals surface area (Å²) in [5, 5.41) is 0. The molecule has 1 heterocycles.